The molecule has 2 amide bonds. The SMILES string of the molecule is O=C1[C@@H]2CCc3ncn(Cc4ccccc4)c3[C@@H]2C(=O)N1c1ccccc1. The molecule has 2 heterocycles. The van der Waals surface area contributed by atoms with Crippen molar-refractivity contribution in [2.45, 2.75) is 25.3 Å². The lowest BCUT2D eigenvalue weighted by molar-refractivity contribution is -0.122. The van der Waals surface area contributed by atoms with Crippen molar-refractivity contribution in [2.75, 3.05) is 4.90 Å². The first-order valence-corrected chi connectivity index (χ1v) is 9.24. The molecular weight excluding hydrogens is 338 g/mol. The van der Waals surface area contributed by atoms with Gasteiger partial charge in [0, 0.05) is 6.54 Å². The number of para-hydroxylation sites is 1. The molecule has 27 heavy (non-hydrogen) atoms. The van der Waals surface area contributed by atoms with Crippen molar-refractivity contribution < 1.29 is 9.59 Å². The largest absolute Gasteiger partial charge is 0.329 e. The number of carbonyl (C=O) groups excluding carboxylic acids is 2. The Hall–Kier alpha value is -3.21. The molecule has 0 N–H and O–H groups in total. The van der Waals surface area contributed by atoms with Gasteiger partial charge in [-0.2, -0.15) is 0 Å². The van der Waals surface area contributed by atoms with Gasteiger partial charge in [-0.15, -0.1) is 0 Å². The molecule has 2 aromatic carbocycles. The molecule has 1 saturated heterocycles. The first kappa shape index (κ1) is 16.0. The zero-order valence-corrected chi connectivity index (χ0v) is 14.8. The molecule has 0 saturated carbocycles. The van der Waals surface area contributed by atoms with Gasteiger partial charge in [-0.3, -0.25) is 9.59 Å². The Balaban J connectivity index is 1.55. The van der Waals surface area contributed by atoms with E-state index in [0.29, 0.717) is 18.7 Å². The molecule has 1 fully saturated rings. The van der Waals surface area contributed by atoms with Crippen LogP contribution in [0, 0.1) is 5.92 Å². The van der Waals surface area contributed by atoms with Gasteiger partial charge in [0.1, 0.15) is 0 Å². The van der Waals surface area contributed by atoms with Crippen LogP contribution in [0.5, 0.6) is 0 Å². The number of imide groups is 1. The van der Waals surface area contributed by atoms with Crippen LogP contribution in [0.25, 0.3) is 0 Å². The van der Waals surface area contributed by atoms with Crippen molar-refractivity contribution in [3.8, 4) is 0 Å². The van der Waals surface area contributed by atoms with E-state index in [1.165, 1.54) is 4.90 Å². The van der Waals surface area contributed by atoms with Crippen LogP contribution in [0.15, 0.2) is 67.0 Å². The fraction of sp³-hybridized carbons (Fsp3) is 0.227. The molecule has 0 bridgehead atoms. The van der Waals surface area contributed by atoms with Crippen LogP contribution in [0.2, 0.25) is 0 Å². The van der Waals surface area contributed by atoms with Crippen molar-refractivity contribution >= 4 is 17.5 Å². The summed E-state index contributed by atoms with van der Waals surface area (Å²) in [6.45, 7) is 0.652. The summed E-state index contributed by atoms with van der Waals surface area (Å²) >= 11 is 0. The highest BCUT2D eigenvalue weighted by Gasteiger charge is 2.52. The third kappa shape index (κ3) is 2.50. The molecular formula is C22H19N3O2. The molecule has 0 unspecified atom stereocenters. The van der Waals surface area contributed by atoms with Gasteiger partial charge in [0.05, 0.1) is 35.2 Å². The van der Waals surface area contributed by atoms with Crippen molar-refractivity contribution in [3.05, 3.63) is 83.9 Å². The topological polar surface area (TPSA) is 55.2 Å². The molecule has 5 heteroatoms. The third-order valence-corrected chi connectivity index (χ3v) is 5.58. The first-order valence-electron chi connectivity index (χ1n) is 9.24. The van der Waals surface area contributed by atoms with Gasteiger partial charge >= 0.3 is 0 Å². The predicted molar refractivity (Wildman–Crippen MR) is 101 cm³/mol. The minimum absolute atomic E-state index is 0.0886. The van der Waals surface area contributed by atoms with E-state index in [1.807, 2.05) is 59.4 Å². The van der Waals surface area contributed by atoms with Gasteiger partial charge in [-0.25, -0.2) is 9.88 Å². The van der Waals surface area contributed by atoms with Crippen molar-refractivity contribution in [1.29, 1.82) is 0 Å². The summed E-state index contributed by atoms with van der Waals surface area (Å²) in [7, 11) is 0. The molecule has 2 aliphatic rings. The Labute approximate surface area is 157 Å². The number of fused-ring (bicyclic) bond motifs is 3. The van der Waals surface area contributed by atoms with Crippen LogP contribution >= 0.6 is 0 Å². The average Bonchev–Trinajstić information content (AvgIpc) is 3.22. The number of nitrogens with zero attached hydrogens (tertiary/aromatic N) is 3. The number of aromatic nitrogens is 2. The number of amides is 2. The maximum atomic E-state index is 13.3. The van der Waals surface area contributed by atoms with E-state index >= 15 is 0 Å². The van der Waals surface area contributed by atoms with Crippen molar-refractivity contribution in [2.24, 2.45) is 5.92 Å². The molecule has 1 aliphatic carbocycles. The standard InChI is InChI=1S/C22H19N3O2/c26-21-17-11-12-18-20(24(14-23-18)13-15-7-3-1-4-8-15)19(17)22(27)25(21)16-9-5-2-6-10-16/h1-10,14,17,19H,11-13H2/t17-,19-/m1/s1. The van der Waals surface area contributed by atoms with E-state index in [0.717, 1.165) is 23.4 Å². The summed E-state index contributed by atoms with van der Waals surface area (Å²) in [5.74, 6) is -0.953. The molecule has 3 aromatic rings. The number of hydrogen-bond acceptors (Lipinski definition) is 3. The summed E-state index contributed by atoms with van der Waals surface area (Å²) in [5, 5.41) is 0. The Bertz CT molecular complexity index is 1010. The smallest absolute Gasteiger partial charge is 0.243 e. The van der Waals surface area contributed by atoms with Crippen LogP contribution in [0.4, 0.5) is 5.69 Å². The van der Waals surface area contributed by atoms with Gasteiger partial charge in [-0.05, 0) is 30.5 Å². The molecule has 5 rings (SSSR count). The molecule has 2 atom stereocenters. The van der Waals surface area contributed by atoms with E-state index in [9.17, 15) is 9.59 Å². The van der Waals surface area contributed by atoms with Gasteiger partial charge in [-0.1, -0.05) is 48.5 Å². The van der Waals surface area contributed by atoms with Crippen molar-refractivity contribution in [3.63, 3.8) is 0 Å². The Kier molecular flexibility index (Phi) is 3.67. The second kappa shape index (κ2) is 6.20. The minimum Gasteiger partial charge on any atom is -0.329 e. The summed E-state index contributed by atoms with van der Waals surface area (Å²) in [6, 6.07) is 19.3. The van der Waals surface area contributed by atoms with Gasteiger partial charge in [0.15, 0.2) is 0 Å². The maximum Gasteiger partial charge on any atom is 0.243 e. The van der Waals surface area contributed by atoms with Gasteiger partial charge in [0.25, 0.3) is 0 Å². The predicted octanol–water partition coefficient (Wildman–Crippen LogP) is 3.15. The number of imidazole rings is 1. The summed E-state index contributed by atoms with van der Waals surface area (Å²) in [4.78, 5) is 32.2. The monoisotopic (exact) mass is 357 g/mol. The molecule has 1 aliphatic heterocycles. The number of hydrogen-bond donors (Lipinski definition) is 0. The van der Waals surface area contributed by atoms with E-state index in [-0.39, 0.29) is 17.7 Å². The average molecular weight is 357 g/mol. The van der Waals surface area contributed by atoms with Crippen LogP contribution in [-0.2, 0) is 22.6 Å². The molecule has 0 spiro atoms. The Morgan fingerprint density at radius 2 is 1.63 bits per heavy atom. The zero-order valence-electron chi connectivity index (χ0n) is 14.8. The lowest BCUT2D eigenvalue weighted by atomic mass is 9.81. The number of anilines is 1. The number of benzene rings is 2. The fourth-order valence-electron chi connectivity index (χ4n) is 4.34. The second-order valence-electron chi connectivity index (χ2n) is 7.16. The quantitative estimate of drug-likeness (QED) is 0.677. The molecule has 5 nitrogen and oxygen atoms in total. The number of aryl methyl sites for hydroxylation is 1. The van der Waals surface area contributed by atoms with Crippen LogP contribution < -0.4 is 4.90 Å². The first-order chi connectivity index (χ1) is 13.2. The van der Waals surface area contributed by atoms with Gasteiger partial charge in [0.2, 0.25) is 11.8 Å². The highest BCUT2D eigenvalue weighted by molar-refractivity contribution is 6.23. The number of carbonyl (C=O) groups is 2. The van der Waals surface area contributed by atoms with E-state index < -0.39 is 5.92 Å². The van der Waals surface area contributed by atoms with E-state index in [4.69, 9.17) is 0 Å². The lowest BCUT2D eigenvalue weighted by Crippen LogP contribution is -2.30. The Morgan fingerprint density at radius 3 is 2.37 bits per heavy atom. The molecule has 134 valence electrons. The highest BCUT2D eigenvalue weighted by Crippen LogP contribution is 2.44. The zero-order chi connectivity index (χ0) is 18.4. The van der Waals surface area contributed by atoms with Crippen molar-refractivity contribution in [1.82, 2.24) is 9.55 Å². The fourth-order valence-corrected chi connectivity index (χ4v) is 4.34. The Morgan fingerprint density at radius 1 is 0.926 bits per heavy atom. The highest BCUT2D eigenvalue weighted by atomic mass is 16.2. The van der Waals surface area contributed by atoms with Crippen LogP contribution in [0.1, 0.15) is 29.3 Å². The van der Waals surface area contributed by atoms with Crippen LogP contribution in [0.3, 0.4) is 0 Å². The third-order valence-electron chi connectivity index (χ3n) is 5.58. The van der Waals surface area contributed by atoms with E-state index in [1.54, 1.807) is 0 Å². The molecule has 1 aromatic heterocycles. The summed E-state index contributed by atoms with van der Waals surface area (Å²) in [5.41, 5.74) is 3.66. The normalized spacial score (nSPS) is 21.3. The summed E-state index contributed by atoms with van der Waals surface area (Å²) < 4.78 is 2.04. The maximum absolute atomic E-state index is 13.3. The molecule has 0 radical (unpaired) electrons. The minimum atomic E-state index is -0.437. The summed E-state index contributed by atoms with van der Waals surface area (Å²) in [6.07, 6.45) is 3.22. The van der Waals surface area contributed by atoms with Crippen LogP contribution in [-0.4, -0.2) is 21.4 Å². The van der Waals surface area contributed by atoms with E-state index in [2.05, 4.69) is 17.1 Å². The lowest BCUT2D eigenvalue weighted by Gasteiger charge is -2.23. The van der Waals surface area contributed by atoms with Gasteiger partial charge < -0.3 is 4.57 Å². The second-order valence-corrected chi connectivity index (χ2v) is 7.16. The number of rotatable bonds is 3.